The van der Waals surface area contributed by atoms with Crippen molar-refractivity contribution in [1.82, 2.24) is 15.0 Å². The molecule has 0 unspecified atom stereocenters. The number of fused-ring (bicyclic) bond motifs is 1. The maximum absolute atomic E-state index is 12.8. The maximum atomic E-state index is 12.8. The van der Waals surface area contributed by atoms with Gasteiger partial charge < -0.3 is 11.1 Å². The van der Waals surface area contributed by atoms with E-state index in [2.05, 4.69) is 20.3 Å². The van der Waals surface area contributed by atoms with Crippen LogP contribution in [0.4, 0.5) is 17.5 Å². The Morgan fingerprint density at radius 1 is 1.41 bits per heavy atom. The van der Waals surface area contributed by atoms with Gasteiger partial charge >= 0.3 is 0 Å². The summed E-state index contributed by atoms with van der Waals surface area (Å²) in [6.45, 7) is 3.78. The van der Waals surface area contributed by atoms with Crippen LogP contribution in [0.25, 0.3) is 0 Å². The van der Waals surface area contributed by atoms with Crippen LogP contribution in [0.2, 0.25) is 0 Å². The summed E-state index contributed by atoms with van der Waals surface area (Å²) >= 11 is 0. The van der Waals surface area contributed by atoms with Crippen LogP contribution in [0, 0.1) is 0 Å². The SMILES string of the molecule is C[C@@H]1[C@@H](C)Nc2nc(N)[nH]c(=O)c2N1C(=O)c1cccnc1. The molecule has 0 aromatic carbocycles. The Kier molecular flexibility index (Phi) is 3.28. The predicted octanol–water partition coefficient (Wildman–Crippen LogP) is 0.596. The lowest BCUT2D eigenvalue weighted by Gasteiger charge is -2.38. The molecule has 2 atom stereocenters. The smallest absolute Gasteiger partial charge is 0.278 e. The number of nitrogens with one attached hydrogen (secondary N) is 2. The van der Waals surface area contributed by atoms with E-state index in [1.807, 2.05) is 13.8 Å². The molecular formula is C14H16N6O2. The molecule has 1 aliphatic rings. The molecule has 1 aliphatic heterocycles. The number of hydrogen-bond acceptors (Lipinski definition) is 6. The van der Waals surface area contributed by atoms with Crippen LogP contribution in [0.15, 0.2) is 29.3 Å². The number of nitrogens with zero attached hydrogens (tertiary/aromatic N) is 3. The van der Waals surface area contributed by atoms with Gasteiger partial charge in [-0.15, -0.1) is 0 Å². The van der Waals surface area contributed by atoms with Gasteiger partial charge in [0.1, 0.15) is 0 Å². The normalized spacial score (nSPS) is 20.2. The molecule has 114 valence electrons. The third kappa shape index (κ3) is 2.18. The topological polar surface area (TPSA) is 117 Å². The number of aromatic amines is 1. The molecule has 4 N–H and O–H groups in total. The van der Waals surface area contributed by atoms with Gasteiger partial charge in [0.2, 0.25) is 5.95 Å². The fraction of sp³-hybridized carbons (Fsp3) is 0.286. The summed E-state index contributed by atoms with van der Waals surface area (Å²) in [7, 11) is 0. The quantitative estimate of drug-likeness (QED) is 0.710. The lowest BCUT2D eigenvalue weighted by atomic mass is 10.0. The van der Waals surface area contributed by atoms with Crippen LogP contribution in [-0.2, 0) is 0 Å². The summed E-state index contributed by atoms with van der Waals surface area (Å²) in [4.78, 5) is 37.0. The molecule has 0 bridgehead atoms. The molecule has 3 rings (SSSR count). The van der Waals surface area contributed by atoms with Crippen LogP contribution in [0.3, 0.4) is 0 Å². The Hall–Kier alpha value is -2.90. The lowest BCUT2D eigenvalue weighted by Crippen LogP contribution is -2.53. The Morgan fingerprint density at radius 2 is 2.18 bits per heavy atom. The third-order valence-electron chi connectivity index (χ3n) is 3.78. The molecule has 8 nitrogen and oxygen atoms in total. The highest BCUT2D eigenvalue weighted by Gasteiger charge is 2.36. The highest BCUT2D eigenvalue weighted by atomic mass is 16.2. The Bertz CT molecular complexity index is 773. The number of aromatic nitrogens is 3. The zero-order chi connectivity index (χ0) is 15.9. The van der Waals surface area contributed by atoms with Gasteiger partial charge in [-0.25, -0.2) is 0 Å². The first kappa shape index (κ1) is 14.1. The van der Waals surface area contributed by atoms with Crippen LogP contribution < -0.4 is 21.5 Å². The second-order valence-corrected chi connectivity index (χ2v) is 5.24. The average molecular weight is 300 g/mol. The molecule has 0 aliphatic carbocycles. The fourth-order valence-corrected chi connectivity index (χ4v) is 2.49. The second kappa shape index (κ2) is 5.14. The molecule has 8 heteroatoms. The summed E-state index contributed by atoms with van der Waals surface area (Å²) in [6, 6.07) is 3.03. The van der Waals surface area contributed by atoms with Crippen molar-refractivity contribution in [3.8, 4) is 0 Å². The lowest BCUT2D eigenvalue weighted by molar-refractivity contribution is 0.0974. The molecule has 2 aromatic heterocycles. The van der Waals surface area contributed by atoms with Crippen molar-refractivity contribution in [3.63, 3.8) is 0 Å². The number of anilines is 3. The van der Waals surface area contributed by atoms with E-state index in [1.165, 1.54) is 11.1 Å². The molecule has 0 saturated carbocycles. The van der Waals surface area contributed by atoms with Gasteiger partial charge in [0.15, 0.2) is 11.5 Å². The molecule has 1 amide bonds. The van der Waals surface area contributed by atoms with Gasteiger partial charge in [-0.2, -0.15) is 4.98 Å². The Balaban J connectivity index is 2.15. The summed E-state index contributed by atoms with van der Waals surface area (Å²) in [5.41, 5.74) is 5.71. The van der Waals surface area contributed by atoms with Gasteiger partial charge in [0.05, 0.1) is 11.6 Å². The summed E-state index contributed by atoms with van der Waals surface area (Å²) in [5, 5.41) is 3.11. The molecular weight excluding hydrogens is 284 g/mol. The number of nitrogens with two attached hydrogens (primary N) is 1. The first-order chi connectivity index (χ1) is 10.5. The van der Waals surface area contributed by atoms with Crippen molar-refractivity contribution in [2.75, 3.05) is 16.0 Å². The van der Waals surface area contributed by atoms with Crippen molar-refractivity contribution in [3.05, 3.63) is 40.4 Å². The highest BCUT2D eigenvalue weighted by molar-refractivity contribution is 6.08. The minimum atomic E-state index is -0.453. The number of pyridine rings is 1. The molecule has 22 heavy (non-hydrogen) atoms. The van der Waals surface area contributed by atoms with E-state index in [-0.39, 0.29) is 29.6 Å². The predicted molar refractivity (Wildman–Crippen MR) is 82.9 cm³/mol. The van der Waals surface area contributed by atoms with Crippen molar-refractivity contribution in [2.24, 2.45) is 0 Å². The minimum Gasteiger partial charge on any atom is -0.369 e. The second-order valence-electron chi connectivity index (χ2n) is 5.24. The van der Waals surface area contributed by atoms with E-state index in [1.54, 1.807) is 18.3 Å². The number of hydrogen-bond donors (Lipinski definition) is 3. The molecule has 0 saturated heterocycles. The fourth-order valence-electron chi connectivity index (χ4n) is 2.49. The van der Waals surface area contributed by atoms with Crippen LogP contribution in [-0.4, -0.2) is 32.9 Å². The van der Waals surface area contributed by atoms with Crippen LogP contribution >= 0.6 is 0 Å². The van der Waals surface area contributed by atoms with Crippen LogP contribution in [0.5, 0.6) is 0 Å². The van der Waals surface area contributed by atoms with Gasteiger partial charge in [-0.1, -0.05) is 0 Å². The van der Waals surface area contributed by atoms with E-state index in [0.29, 0.717) is 11.4 Å². The number of H-pyrrole nitrogens is 1. The van der Waals surface area contributed by atoms with Crippen molar-refractivity contribution in [1.29, 1.82) is 0 Å². The monoisotopic (exact) mass is 300 g/mol. The Labute approximate surface area is 126 Å². The number of nitrogen functional groups attached to an aromatic ring is 1. The zero-order valence-corrected chi connectivity index (χ0v) is 12.2. The molecule has 0 radical (unpaired) electrons. The first-order valence-corrected chi connectivity index (χ1v) is 6.89. The minimum absolute atomic E-state index is 0.00628. The molecule has 2 aromatic rings. The van der Waals surface area contributed by atoms with Crippen molar-refractivity contribution in [2.45, 2.75) is 25.9 Å². The third-order valence-corrected chi connectivity index (χ3v) is 3.78. The average Bonchev–Trinajstić information content (AvgIpc) is 2.49. The standard InChI is InChI=1S/C14H16N6O2/c1-7-8(2)20(13(22)9-4-3-5-16-6-9)10-11(17-7)18-14(15)19-12(10)21/h3-8H,1-2H3,(H4,15,17,18,19,21)/t7-,8-/m1/s1. The van der Waals surface area contributed by atoms with E-state index in [0.717, 1.165) is 0 Å². The van der Waals surface area contributed by atoms with Crippen molar-refractivity contribution >= 4 is 23.4 Å². The molecule has 3 heterocycles. The largest absolute Gasteiger partial charge is 0.369 e. The zero-order valence-electron chi connectivity index (χ0n) is 12.2. The maximum Gasteiger partial charge on any atom is 0.278 e. The molecule has 0 fully saturated rings. The van der Waals surface area contributed by atoms with Gasteiger partial charge in [0, 0.05) is 18.4 Å². The van der Waals surface area contributed by atoms with E-state index in [4.69, 9.17) is 5.73 Å². The Morgan fingerprint density at radius 3 is 2.86 bits per heavy atom. The number of carbonyl (C=O) groups is 1. The van der Waals surface area contributed by atoms with E-state index < -0.39 is 5.56 Å². The number of carbonyl (C=O) groups excluding carboxylic acids is 1. The van der Waals surface area contributed by atoms with Crippen molar-refractivity contribution < 1.29 is 4.79 Å². The summed E-state index contributed by atoms with van der Waals surface area (Å²) in [5.74, 6) is 0.0168. The van der Waals surface area contributed by atoms with Crippen LogP contribution in [0.1, 0.15) is 24.2 Å². The van der Waals surface area contributed by atoms with E-state index >= 15 is 0 Å². The van der Waals surface area contributed by atoms with Gasteiger partial charge in [-0.3, -0.25) is 24.5 Å². The molecule has 0 spiro atoms. The van der Waals surface area contributed by atoms with Gasteiger partial charge in [0.25, 0.3) is 11.5 Å². The highest BCUT2D eigenvalue weighted by Crippen LogP contribution is 2.30. The number of amides is 1. The van der Waals surface area contributed by atoms with E-state index in [9.17, 15) is 9.59 Å². The van der Waals surface area contributed by atoms with Gasteiger partial charge in [-0.05, 0) is 26.0 Å². The number of rotatable bonds is 1. The first-order valence-electron chi connectivity index (χ1n) is 6.89. The summed E-state index contributed by atoms with van der Waals surface area (Å²) < 4.78 is 0. The summed E-state index contributed by atoms with van der Waals surface area (Å²) in [6.07, 6.45) is 3.06.